The molecular weight excluding hydrogens is 260 g/mol. The van der Waals surface area contributed by atoms with Gasteiger partial charge in [-0.05, 0) is 19.1 Å². The molecule has 2 amide bonds. The van der Waals surface area contributed by atoms with Crippen LogP contribution in [0.25, 0.3) is 0 Å². The third-order valence-electron chi connectivity index (χ3n) is 3.23. The molecule has 6 nitrogen and oxygen atoms in total. The van der Waals surface area contributed by atoms with Crippen molar-refractivity contribution in [3.8, 4) is 11.5 Å². The van der Waals surface area contributed by atoms with Crippen LogP contribution in [0, 0.1) is 0 Å². The topological polar surface area (TPSA) is 71.0 Å². The van der Waals surface area contributed by atoms with Crippen LogP contribution in [0.15, 0.2) is 18.2 Å². The van der Waals surface area contributed by atoms with Crippen molar-refractivity contribution in [2.75, 3.05) is 33.4 Å². The Labute approximate surface area is 118 Å². The number of methoxy groups -OCH3 is 1. The van der Waals surface area contributed by atoms with E-state index in [0.717, 1.165) is 0 Å². The standard InChI is InChI=1S/C14H20N2O4/c1-10(17)12-4-3-11(19-2)9-13(12)20-8-7-16-6-5-15-14(16)18/h3-4,9-10,17H,5-8H2,1-2H3,(H,15,18)/t10-/m0/s1. The van der Waals surface area contributed by atoms with Gasteiger partial charge < -0.3 is 24.8 Å². The van der Waals surface area contributed by atoms with Crippen molar-refractivity contribution in [3.05, 3.63) is 23.8 Å². The molecule has 0 saturated carbocycles. The maximum Gasteiger partial charge on any atom is 0.317 e. The molecule has 1 saturated heterocycles. The molecule has 0 bridgehead atoms. The number of nitrogens with one attached hydrogen (secondary N) is 1. The minimum absolute atomic E-state index is 0.0602. The van der Waals surface area contributed by atoms with Crippen LogP contribution in [-0.4, -0.2) is 49.4 Å². The summed E-state index contributed by atoms with van der Waals surface area (Å²) in [5.41, 5.74) is 0.705. The fourth-order valence-corrected chi connectivity index (χ4v) is 2.10. The Bertz CT molecular complexity index is 476. The molecule has 0 radical (unpaired) electrons. The number of hydrogen-bond donors (Lipinski definition) is 2. The highest BCUT2D eigenvalue weighted by Crippen LogP contribution is 2.29. The molecule has 1 atom stereocenters. The van der Waals surface area contributed by atoms with Gasteiger partial charge in [0.15, 0.2) is 0 Å². The lowest BCUT2D eigenvalue weighted by molar-refractivity contribution is 0.184. The lowest BCUT2D eigenvalue weighted by Gasteiger charge is -2.17. The van der Waals surface area contributed by atoms with Crippen molar-refractivity contribution in [3.63, 3.8) is 0 Å². The van der Waals surface area contributed by atoms with Gasteiger partial charge in [0, 0.05) is 24.7 Å². The molecule has 0 aromatic heterocycles. The molecule has 1 aromatic carbocycles. The van der Waals surface area contributed by atoms with Crippen LogP contribution >= 0.6 is 0 Å². The Morgan fingerprint density at radius 3 is 2.90 bits per heavy atom. The lowest BCUT2D eigenvalue weighted by Crippen LogP contribution is -2.31. The summed E-state index contributed by atoms with van der Waals surface area (Å²) >= 11 is 0. The summed E-state index contributed by atoms with van der Waals surface area (Å²) in [6.45, 7) is 3.95. The molecule has 0 unspecified atom stereocenters. The average Bonchev–Trinajstić information content (AvgIpc) is 2.84. The van der Waals surface area contributed by atoms with Gasteiger partial charge in [-0.3, -0.25) is 0 Å². The Hall–Kier alpha value is -1.95. The second kappa shape index (κ2) is 6.47. The molecule has 6 heteroatoms. The molecule has 1 fully saturated rings. The van der Waals surface area contributed by atoms with E-state index in [1.54, 1.807) is 37.1 Å². The van der Waals surface area contributed by atoms with Crippen LogP contribution in [0.5, 0.6) is 11.5 Å². The molecule has 20 heavy (non-hydrogen) atoms. The first-order valence-corrected chi connectivity index (χ1v) is 6.63. The number of aliphatic hydroxyl groups is 1. The lowest BCUT2D eigenvalue weighted by atomic mass is 10.1. The van der Waals surface area contributed by atoms with Crippen molar-refractivity contribution in [1.29, 1.82) is 0 Å². The van der Waals surface area contributed by atoms with Crippen LogP contribution in [-0.2, 0) is 0 Å². The van der Waals surface area contributed by atoms with E-state index in [0.29, 0.717) is 43.3 Å². The molecule has 2 N–H and O–H groups in total. The molecule has 110 valence electrons. The fourth-order valence-electron chi connectivity index (χ4n) is 2.10. The number of rotatable bonds is 6. The van der Waals surface area contributed by atoms with Crippen LogP contribution in [0.1, 0.15) is 18.6 Å². The summed E-state index contributed by atoms with van der Waals surface area (Å²) in [6, 6.07) is 5.24. The second-order valence-electron chi connectivity index (χ2n) is 4.65. The van der Waals surface area contributed by atoms with Crippen molar-refractivity contribution in [1.82, 2.24) is 10.2 Å². The van der Waals surface area contributed by atoms with Crippen molar-refractivity contribution in [2.45, 2.75) is 13.0 Å². The van der Waals surface area contributed by atoms with Gasteiger partial charge in [-0.25, -0.2) is 4.79 Å². The quantitative estimate of drug-likeness (QED) is 0.820. The van der Waals surface area contributed by atoms with Gasteiger partial charge in [0.1, 0.15) is 18.1 Å². The Balaban J connectivity index is 1.98. The van der Waals surface area contributed by atoms with Gasteiger partial charge in [-0.15, -0.1) is 0 Å². The predicted octanol–water partition coefficient (Wildman–Crippen LogP) is 1.15. The minimum Gasteiger partial charge on any atom is -0.497 e. The number of urea groups is 1. The van der Waals surface area contributed by atoms with Gasteiger partial charge in [0.25, 0.3) is 0 Å². The monoisotopic (exact) mass is 280 g/mol. The molecule has 1 aliphatic rings. The first-order chi connectivity index (χ1) is 9.61. The molecule has 0 spiro atoms. The van der Waals surface area contributed by atoms with E-state index in [-0.39, 0.29) is 6.03 Å². The summed E-state index contributed by atoms with van der Waals surface area (Å²) in [4.78, 5) is 13.1. The van der Waals surface area contributed by atoms with Gasteiger partial charge in [-0.2, -0.15) is 0 Å². The van der Waals surface area contributed by atoms with E-state index in [1.807, 2.05) is 0 Å². The van der Waals surface area contributed by atoms with Gasteiger partial charge in [-0.1, -0.05) is 0 Å². The zero-order chi connectivity index (χ0) is 14.5. The number of carbonyl (C=O) groups is 1. The Kier molecular flexibility index (Phi) is 4.68. The number of benzene rings is 1. The first kappa shape index (κ1) is 14.5. The molecule has 1 aliphatic heterocycles. The first-order valence-electron chi connectivity index (χ1n) is 6.63. The summed E-state index contributed by atoms with van der Waals surface area (Å²) in [5.74, 6) is 1.25. The molecule has 1 aromatic rings. The summed E-state index contributed by atoms with van der Waals surface area (Å²) < 4.78 is 10.8. The molecular formula is C14H20N2O4. The zero-order valence-electron chi connectivity index (χ0n) is 11.8. The number of amides is 2. The third kappa shape index (κ3) is 3.33. The Morgan fingerprint density at radius 2 is 2.30 bits per heavy atom. The third-order valence-corrected chi connectivity index (χ3v) is 3.23. The second-order valence-corrected chi connectivity index (χ2v) is 4.65. The van der Waals surface area contributed by atoms with Gasteiger partial charge in [0.05, 0.1) is 19.8 Å². The van der Waals surface area contributed by atoms with Crippen molar-refractivity contribution < 1.29 is 19.4 Å². The molecule has 1 heterocycles. The number of ether oxygens (including phenoxy) is 2. The SMILES string of the molecule is COc1ccc([C@H](C)O)c(OCCN2CCNC2=O)c1. The van der Waals surface area contributed by atoms with Crippen molar-refractivity contribution in [2.24, 2.45) is 0 Å². The minimum atomic E-state index is -0.619. The zero-order valence-corrected chi connectivity index (χ0v) is 11.8. The van der Waals surface area contributed by atoms with E-state index >= 15 is 0 Å². The fraction of sp³-hybridized carbons (Fsp3) is 0.500. The van der Waals surface area contributed by atoms with E-state index in [4.69, 9.17) is 9.47 Å². The Morgan fingerprint density at radius 1 is 1.50 bits per heavy atom. The van der Waals surface area contributed by atoms with Crippen LogP contribution in [0.3, 0.4) is 0 Å². The van der Waals surface area contributed by atoms with Crippen molar-refractivity contribution >= 4 is 6.03 Å². The van der Waals surface area contributed by atoms with E-state index < -0.39 is 6.10 Å². The number of hydrogen-bond acceptors (Lipinski definition) is 4. The summed E-state index contributed by atoms with van der Waals surface area (Å²) in [6.07, 6.45) is -0.619. The van der Waals surface area contributed by atoms with Crippen LogP contribution in [0.2, 0.25) is 0 Å². The van der Waals surface area contributed by atoms with Crippen LogP contribution < -0.4 is 14.8 Å². The highest BCUT2D eigenvalue weighted by atomic mass is 16.5. The summed E-state index contributed by atoms with van der Waals surface area (Å²) in [7, 11) is 1.58. The van der Waals surface area contributed by atoms with Gasteiger partial charge in [0.2, 0.25) is 0 Å². The number of aliphatic hydroxyl groups excluding tert-OH is 1. The molecule has 0 aliphatic carbocycles. The smallest absolute Gasteiger partial charge is 0.317 e. The normalized spacial score (nSPS) is 15.9. The maximum atomic E-state index is 11.4. The largest absolute Gasteiger partial charge is 0.497 e. The highest BCUT2D eigenvalue weighted by molar-refractivity contribution is 5.76. The van der Waals surface area contributed by atoms with E-state index in [9.17, 15) is 9.90 Å². The van der Waals surface area contributed by atoms with E-state index in [1.165, 1.54) is 0 Å². The van der Waals surface area contributed by atoms with Gasteiger partial charge >= 0.3 is 6.03 Å². The average molecular weight is 280 g/mol. The molecule has 2 rings (SSSR count). The predicted molar refractivity (Wildman–Crippen MR) is 74.1 cm³/mol. The maximum absolute atomic E-state index is 11.4. The summed E-state index contributed by atoms with van der Waals surface area (Å²) in [5, 5.41) is 12.5. The van der Waals surface area contributed by atoms with Crippen LogP contribution in [0.4, 0.5) is 4.79 Å². The number of carbonyl (C=O) groups excluding carboxylic acids is 1. The number of nitrogens with zero attached hydrogens (tertiary/aromatic N) is 1. The highest BCUT2D eigenvalue weighted by Gasteiger charge is 2.19. The van der Waals surface area contributed by atoms with E-state index in [2.05, 4.69) is 5.32 Å².